The van der Waals surface area contributed by atoms with Crippen molar-refractivity contribution in [2.24, 2.45) is 5.92 Å². The predicted molar refractivity (Wildman–Crippen MR) is 102 cm³/mol. The molecule has 0 spiro atoms. The number of aryl methyl sites for hydroxylation is 2. The lowest BCUT2D eigenvalue weighted by Gasteiger charge is -2.33. The van der Waals surface area contributed by atoms with Crippen LogP contribution in [0, 0.1) is 19.8 Å². The highest BCUT2D eigenvalue weighted by Gasteiger charge is 2.25. The molecule has 0 unspecified atom stereocenters. The van der Waals surface area contributed by atoms with Crippen molar-refractivity contribution in [1.82, 2.24) is 19.9 Å². The Hall–Kier alpha value is -2.11. The van der Waals surface area contributed by atoms with Gasteiger partial charge >= 0.3 is 0 Å². The van der Waals surface area contributed by atoms with Crippen LogP contribution in [-0.4, -0.2) is 39.6 Å². The number of nitrogens with one attached hydrogen (secondary N) is 1. The van der Waals surface area contributed by atoms with Crippen molar-refractivity contribution in [1.29, 1.82) is 0 Å². The minimum atomic E-state index is 0.250. The summed E-state index contributed by atoms with van der Waals surface area (Å²) in [7, 11) is 0. The van der Waals surface area contributed by atoms with E-state index in [0.29, 0.717) is 18.4 Å². The first-order valence-electron chi connectivity index (χ1n) is 9.97. The molecule has 0 aromatic carbocycles. The van der Waals surface area contributed by atoms with Gasteiger partial charge in [-0.25, -0.2) is 4.98 Å². The minimum absolute atomic E-state index is 0.250. The number of rotatable bonds is 4. The van der Waals surface area contributed by atoms with Gasteiger partial charge in [-0.1, -0.05) is 12.8 Å². The van der Waals surface area contributed by atoms with E-state index in [0.717, 1.165) is 61.6 Å². The summed E-state index contributed by atoms with van der Waals surface area (Å²) < 4.78 is 1.95. The number of piperidine rings is 1. The fourth-order valence-electron chi connectivity index (χ4n) is 4.41. The summed E-state index contributed by atoms with van der Waals surface area (Å²) in [6.07, 6.45) is 7.63. The van der Waals surface area contributed by atoms with Gasteiger partial charge in [0.1, 0.15) is 5.82 Å². The predicted octanol–water partition coefficient (Wildman–Crippen LogP) is 3.01. The van der Waals surface area contributed by atoms with Gasteiger partial charge in [0.2, 0.25) is 5.91 Å². The largest absolute Gasteiger partial charge is 0.356 e. The van der Waals surface area contributed by atoms with Crippen molar-refractivity contribution in [3.8, 4) is 0 Å². The van der Waals surface area contributed by atoms with E-state index >= 15 is 0 Å². The van der Waals surface area contributed by atoms with E-state index in [4.69, 9.17) is 0 Å². The van der Waals surface area contributed by atoms with E-state index in [1.54, 1.807) is 0 Å². The summed E-state index contributed by atoms with van der Waals surface area (Å²) in [4.78, 5) is 19.3. The van der Waals surface area contributed by atoms with E-state index in [-0.39, 0.29) is 5.91 Å². The first-order valence-corrected chi connectivity index (χ1v) is 9.97. The van der Waals surface area contributed by atoms with Gasteiger partial charge in [0, 0.05) is 43.4 Å². The molecular weight excluding hydrogens is 326 g/mol. The van der Waals surface area contributed by atoms with E-state index in [9.17, 15) is 4.79 Å². The van der Waals surface area contributed by atoms with Crippen molar-refractivity contribution in [3.05, 3.63) is 23.5 Å². The number of nitrogens with zero attached hydrogens (tertiary/aromatic N) is 4. The summed E-state index contributed by atoms with van der Waals surface area (Å²) in [5, 5.41) is 7.83. The average molecular weight is 355 g/mol. The monoisotopic (exact) mass is 355 g/mol. The second kappa shape index (κ2) is 7.25. The van der Waals surface area contributed by atoms with Gasteiger partial charge in [0.15, 0.2) is 5.65 Å². The lowest BCUT2D eigenvalue weighted by Crippen LogP contribution is -2.38. The molecule has 1 saturated carbocycles. The molecule has 6 heteroatoms. The number of anilines is 1. The highest BCUT2D eigenvalue weighted by atomic mass is 16.1. The van der Waals surface area contributed by atoms with Crippen LogP contribution >= 0.6 is 0 Å². The van der Waals surface area contributed by atoms with Crippen LogP contribution in [0.5, 0.6) is 0 Å². The van der Waals surface area contributed by atoms with Crippen LogP contribution in [-0.2, 0) is 4.79 Å². The van der Waals surface area contributed by atoms with Crippen molar-refractivity contribution in [2.45, 2.75) is 64.8 Å². The maximum absolute atomic E-state index is 12.3. The zero-order chi connectivity index (χ0) is 18.1. The molecule has 6 nitrogen and oxygen atoms in total. The third-order valence-electron chi connectivity index (χ3n) is 5.79. The number of hydrogen-bond acceptors (Lipinski definition) is 4. The second-order valence-electron chi connectivity index (χ2n) is 7.99. The first kappa shape index (κ1) is 17.3. The Labute approximate surface area is 155 Å². The zero-order valence-electron chi connectivity index (χ0n) is 15.9. The van der Waals surface area contributed by atoms with Gasteiger partial charge in [-0.15, -0.1) is 0 Å². The maximum atomic E-state index is 12.3. The molecule has 1 aliphatic heterocycles. The molecule has 2 aromatic rings. The molecule has 1 saturated heterocycles. The van der Waals surface area contributed by atoms with Gasteiger partial charge in [-0.3, -0.25) is 4.79 Å². The maximum Gasteiger partial charge on any atom is 0.220 e. The molecule has 0 bridgehead atoms. The van der Waals surface area contributed by atoms with Crippen molar-refractivity contribution >= 4 is 17.4 Å². The van der Waals surface area contributed by atoms with E-state index in [1.807, 2.05) is 24.4 Å². The highest BCUT2D eigenvalue weighted by Crippen LogP contribution is 2.26. The fourth-order valence-corrected chi connectivity index (χ4v) is 4.41. The molecule has 3 heterocycles. The summed E-state index contributed by atoms with van der Waals surface area (Å²) in [5.41, 5.74) is 2.92. The van der Waals surface area contributed by atoms with Gasteiger partial charge < -0.3 is 10.2 Å². The molecule has 140 valence electrons. The Bertz CT molecular complexity index is 785. The molecule has 2 aliphatic rings. The smallest absolute Gasteiger partial charge is 0.220 e. The number of aromatic nitrogens is 3. The third-order valence-corrected chi connectivity index (χ3v) is 5.79. The first-order chi connectivity index (χ1) is 12.6. The quantitative estimate of drug-likeness (QED) is 0.916. The van der Waals surface area contributed by atoms with Gasteiger partial charge in [0.25, 0.3) is 0 Å². The summed E-state index contributed by atoms with van der Waals surface area (Å²) in [5.74, 6) is 1.86. The summed E-state index contributed by atoms with van der Waals surface area (Å²) in [6, 6.07) is 4.57. The van der Waals surface area contributed by atoms with Gasteiger partial charge in [-0.05, 0) is 45.4 Å². The Kier molecular flexibility index (Phi) is 4.83. The standard InChI is InChI=1S/C20H29N5O/c1-14-12-20(25-18(21-14)11-15(2)23-25)24-9-7-16(8-10-24)13-19(26)22-17-5-3-4-6-17/h11-12,16-17H,3-10,13H2,1-2H3,(H,22,26). The number of fused-ring (bicyclic) bond motifs is 1. The van der Waals surface area contributed by atoms with Gasteiger partial charge in [0.05, 0.1) is 5.69 Å². The van der Waals surface area contributed by atoms with E-state index in [1.165, 1.54) is 12.8 Å². The number of carbonyl (C=O) groups is 1. The lowest BCUT2D eigenvalue weighted by molar-refractivity contribution is -0.122. The Morgan fingerprint density at radius 3 is 2.58 bits per heavy atom. The van der Waals surface area contributed by atoms with E-state index in [2.05, 4.69) is 26.4 Å². The zero-order valence-corrected chi connectivity index (χ0v) is 15.9. The molecule has 1 N–H and O–H groups in total. The van der Waals surface area contributed by atoms with Gasteiger partial charge in [-0.2, -0.15) is 9.61 Å². The number of hydrogen-bond donors (Lipinski definition) is 1. The van der Waals surface area contributed by atoms with Crippen molar-refractivity contribution in [3.63, 3.8) is 0 Å². The molecule has 26 heavy (non-hydrogen) atoms. The topological polar surface area (TPSA) is 62.5 Å². The number of carbonyl (C=O) groups excluding carboxylic acids is 1. The number of amides is 1. The van der Waals surface area contributed by atoms with Crippen LogP contribution in [0.15, 0.2) is 12.1 Å². The molecule has 0 radical (unpaired) electrons. The lowest BCUT2D eigenvalue weighted by atomic mass is 9.93. The van der Waals surface area contributed by atoms with Crippen LogP contribution in [0.25, 0.3) is 5.65 Å². The second-order valence-corrected chi connectivity index (χ2v) is 7.99. The van der Waals surface area contributed by atoms with Crippen LogP contribution in [0.2, 0.25) is 0 Å². The molecule has 1 aliphatic carbocycles. The van der Waals surface area contributed by atoms with E-state index < -0.39 is 0 Å². The molecule has 0 atom stereocenters. The molecule has 4 rings (SSSR count). The third kappa shape index (κ3) is 3.69. The Balaban J connectivity index is 1.37. The van der Waals surface area contributed by atoms with Crippen LogP contribution in [0.3, 0.4) is 0 Å². The molecule has 2 fully saturated rings. The van der Waals surface area contributed by atoms with Crippen molar-refractivity contribution < 1.29 is 4.79 Å². The van der Waals surface area contributed by atoms with Crippen molar-refractivity contribution in [2.75, 3.05) is 18.0 Å². The normalized spacial score (nSPS) is 19.4. The van der Waals surface area contributed by atoms with Crippen LogP contribution in [0.4, 0.5) is 5.82 Å². The highest BCUT2D eigenvalue weighted by molar-refractivity contribution is 5.76. The Morgan fingerprint density at radius 2 is 1.85 bits per heavy atom. The van der Waals surface area contributed by atoms with Crippen LogP contribution in [0.1, 0.15) is 56.3 Å². The molecule has 2 aromatic heterocycles. The summed E-state index contributed by atoms with van der Waals surface area (Å²) >= 11 is 0. The average Bonchev–Trinajstić information content (AvgIpc) is 3.23. The summed E-state index contributed by atoms with van der Waals surface area (Å²) in [6.45, 7) is 5.98. The molecule has 1 amide bonds. The fraction of sp³-hybridized carbons (Fsp3) is 0.650. The minimum Gasteiger partial charge on any atom is -0.356 e. The Morgan fingerprint density at radius 1 is 1.12 bits per heavy atom. The molecular formula is C20H29N5O. The van der Waals surface area contributed by atoms with Crippen LogP contribution < -0.4 is 10.2 Å². The SMILES string of the molecule is Cc1cc(N2CCC(CC(=O)NC3CCCC3)CC2)n2nc(C)cc2n1.